The summed E-state index contributed by atoms with van der Waals surface area (Å²) in [6.07, 6.45) is -5.11. The Morgan fingerprint density at radius 2 is 1.67 bits per heavy atom. The van der Waals surface area contributed by atoms with Crippen LogP contribution in [0.2, 0.25) is 0 Å². The second-order valence-corrected chi connectivity index (χ2v) is 4.10. The Labute approximate surface area is 102 Å². The summed E-state index contributed by atoms with van der Waals surface area (Å²) in [6.45, 7) is 0. The van der Waals surface area contributed by atoms with Crippen molar-refractivity contribution in [3.8, 4) is 0 Å². The van der Waals surface area contributed by atoms with E-state index in [9.17, 15) is 18.0 Å². The SMILES string of the molecule is O=C(CCc1ccc2ccccc2c1)C(F)(F)F. The lowest BCUT2D eigenvalue weighted by molar-refractivity contribution is -0.171. The van der Waals surface area contributed by atoms with E-state index in [1.54, 1.807) is 6.07 Å². The highest BCUT2D eigenvalue weighted by Gasteiger charge is 2.37. The average molecular weight is 252 g/mol. The van der Waals surface area contributed by atoms with Crippen LogP contribution in [0, 0.1) is 0 Å². The van der Waals surface area contributed by atoms with Crippen LogP contribution in [0.15, 0.2) is 42.5 Å². The molecule has 0 amide bonds. The molecule has 0 unspecified atom stereocenters. The predicted octanol–water partition coefficient (Wildman–Crippen LogP) is 3.90. The van der Waals surface area contributed by atoms with Crippen LogP contribution in [0.4, 0.5) is 13.2 Å². The zero-order valence-corrected chi connectivity index (χ0v) is 9.50. The van der Waals surface area contributed by atoms with E-state index in [2.05, 4.69) is 0 Å². The summed E-state index contributed by atoms with van der Waals surface area (Å²) in [4.78, 5) is 10.8. The number of hydrogen-bond donors (Lipinski definition) is 0. The fraction of sp³-hybridized carbons (Fsp3) is 0.214. The van der Waals surface area contributed by atoms with Gasteiger partial charge in [-0.1, -0.05) is 42.5 Å². The van der Waals surface area contributed by atoms with Gasteiger partial charge < -0.3 is 0 Å². The van der Waals surface area contributed by atoms with Crippen LogP contribution >= 0.6 is 0 Å². The third-order valence-electron chi connectivity index (χ3n) is 2.77. The largest absolute Gasteiger partial charge is 0.449 e. The van der Waals surface area contributed by atoms with E-state index < -0.39 is 18.4 Å². The first-order valence-electron chi connectivity index (χ1n) is 5.54. The normalized spacial score (nSPS) is 11.7. The molecular weight excluding hydrogens is 241 g/mol. The fourth-order valence-corrected chi connectivity index (χ4v) is 1.79. The van der Waals surface area contributed by atoms with E-state index in [1.165, 1.54) is 0 Å². The maximum atomic E-state index is 12.1. The number of fused-ring (bicyclic) bond motifs is 1. The van der Waals surface area contributed by atoms with E-state index in [-0.39, 0.29) is 6.42 Å². The highest BCUT2D eigenvalue weighted by molar-refractivity contribution is 5.85. The molecule has 2 aromatic rings. The van der Waals surface area contributed by atoms with Crippen molar-refractivity contribution in [1.29, 1.82) is 0 Å². The number of ketones is 1. The number of carbonyl (C=O) groups excluding carboxylic acids is 1. The average Bonchev–Trinajstić information content (AvgIpc) is 2.34. The number of aryl methyl sites for hydroxylation is 1. The van der Waals surface area contributed by atoms with Gasteiger partial charge in [-0.2, -0.15) is 13.2 Å². The molecule has 0 saturated heterocycles. The third kappa shape index (κ3) is 2.88. The molecule has 0 spiro atoms. The monoisotopic (exact) mass is 252 g/mol. The van der Waals surface area contributed by atoms with Crippen molar-refractivity contribution < 1.29 is 18.0 Å². The van der Waals surface area contributed by atoms with E-state index >= 15 is 0 Å². The molecule has 0 saturated carbocycles. The molecule has 0 aliphatic carbocycles. The van der Waals surface area contributed by atoms with Gasteiger partial charge in [0, 0.05) is 6.42 Å². The third-order valence-corrected chi connectivity index (χ3v) is 2.77. The summed E-state index contributed by atoms with van der Waals surface area (Å²) in [6, 6.07) is 13.0. The van der Waals surface area contributed by atoms with Gasteiger partial charge in [0.15, 0.2) is 0 Å². The number of benzene rings is 2. The fourth-order valence-electron chi connectivity index (χ4n) is 1.79. The van der Waals surface area contributed by atoms with Gasteiger partial charge in [0.05, 0.1) is 0 Å². The number of carbonyl (C=O) groups is 1. The van der Waals surface area contributed by atoms with E-state index in [4.69, 9.17) is 0 Å². The van der Waals surface area contributed by atoms with Gasteiger partial charge in [-0.25, -0.2) is 0 Å². The topological polar surface area (TPSA) is 17.1 Å². The van der Waals surface area contributed by atoms with Crippen LogP contribution in [-0.4, -0.2) is 12.0 Å². The maximum Gasteiger partial charge on any atom is 0.449 e. The number of halogens is 3. The molecule has 0 N–H and O–H groups in total. The van der Waals surface area contributed by atoms with Crippen molar-refractivity contribution in [2.75, 3.05) is 0 Å². The number of rotatable bonds is 3. The molecule has 0 atom stereocenters. The molecule has 2 rings (SSSR count). The van der Waals surface area contributed by atoms with Crippen LogP contribution in [0.3, 0.4) is 0 Å². The summed E-state index contributed by atoms with van der Waals surface area (Å²) < 4.78 is 36.2. The van der Waals surface area contributed by atoms with Crippen molar-refractivity contribution >= 4 is 16.6 Å². The molecule has 94 valence electrons. The summed E-state index contributed by atoms with van der Waals surface area (Å²) in [5.74, 6) is -1.67. The first-order chi connectivity index (χ1) is 8.47. The predicted molar refractivity (Wildman–Crippen MR) is 63.3 cm³/mol. The van der Waals surface area contributed by atoms with Crippen molar-refractivity contribution in [2.24, 2.45) is 0 Å². The van der Waals surface area contributed by atoms with Crippen molar-refractivity contribution in [3.05, 3.63) is 48.0 Å². The standard InChI is InChI=1S/C14H11F3O/c15-14(16,17)13(18)8-6-10-5-7-11-3-1-2-4-12(11)9-10/h1-5,7,9H,6,8H2. The molecule has 0 bridgehead atoms. The molecule has 18 heavy (non-hydrogen) atoms. The van der Waals surface area contributed by atoms with E-state index in [0.29, 0.717) is 0 Å². The molecular formula is C14H11F3O. The molecule has 1 nitrogen and oxygen atoms in total. The lowest BCUT2D eigenvalue weighted by Crippen LogP contribution is -2.22. The maximum absolute atomic E-state index is 12.1. The summed E-state index contributed by atoms with van der Waals surface area (Å²) in [5, 5.41) is 2.00. The highest BCUT2D eigenvalue weighted by atomic mass is 19.4. The van der Waals surface area contributed by atoms with Crippen LogP contribution in [0.1, 0.15) is 12.0 Å². The van der Waals surface area contributed by atoms with Gasteiger partial charge >= 0.3 is 6.18 Å². The lowest BCUT2D eigenvalue weighted by Gasteiger charge is -2.06. The van der Waals surface area contributed by atoms with Gasteiger partial charge in [-0.05, 0) is 22.8 Å². The van der Waals surface area contributed by atoms with Gasteiger partial charge in [0.1, 0.15) is 0 Å². The molecule has 4 heteroatoms. The smallest absolute Gasteiger partial charge is 0.290 e. The lowest BCUT2D eigenvalue weighted by atomic mass is 10.0. The second kappa shape index (κ2) is 4.80. The van der Waals surface area contributed by atoms with Crippen molar-refractivity contribution in [1.82, 2.24) is 0 Å². The Morgan fingerprint density at radius 1 is 1.00 bits per heavy atom. The molecule has 0 aliphatic heterocycles. The quantitative estimate of drug-likeness (QED) is 0.809. The van der Waals surface area contributed by atoms with Crippen molar-refractivity contribution in [2.45, 2.75) is 19.0 Å². The van der Waals surface area contributed by atoms with Crippen LogP contribution < -0.4 is 0 Å². The highest BCUT2D eigenvalue weighted by Crippen LogP contribution is 2.21. The van der Waals surface area contributed by atoms with E-state index in [0.717, 1.165) is 16.3 Å². The van der Waals surface area contributed by atoms with Gasteiger partial charge in [0.25, 0.3) is 0 Å². The summed E-state index contributed by atoms with van der Waals surface area (Å²) in [5.41, 5.74) is 0.742. The molecule has 0 heterocycles. The Morgan fingerprint density at radius 3 is 2.33 bits per heavy atom. The minimum absolute atomic E-state index is 0.114. The molecule has 0 fully saturated rings. The molecule has 0 radical (unpaired) electrons. The Balaban J connectivity index is 2.11. The summed E-state index contributed by atoms with van der Waals surface area (Å²) in [7, 11) is 0. The molecule has 0 aliphatic rings. The first kappa shape index (κ1) is 12.6. The Bertz CT molecular complexity index is 573. The van der Waals surface area contributed by atoms with Crippen LogP contribution in [0.25, 0.3) is 10.8 Å². The van der Waals surface area contributed by atoms with Crippen molar-refractivity contribution in [3.63, 3.8) is 0 Å². The molecule has 2 aromatic carbocycles. The van der Waals surface area contributed by atoms with Crippen LogP contribution in [0.5, 0.6) is 0 Å². The number of Topliss-reactive ketones (excluding diaryl/α,β-unsaturated/α-hetero) is 1. The summed E-state index contributed by atoms with van der Waals surface area (Å²) >= 11 is 0. The Hall–Kier alpha value is -1.84. The van der Waals surface area contributed by atoms with E-state index in [1.807, 2.05) is 36.4 Å². The number of hydrogen-bond acceptors (Lipinski definition) is 1. The first-order valence-corrected chi connectivity index (χ1v) is 5.54. The Kier molecular flexibility index (Phi) is 3.36. The minimum atomic E-state index is -4.73. The van der Waals surface area contributed by atoms with Gasteiger partial charge in [-0.3, -0.25) is 4.79 Å². The van der Waals surface area contributed by atoms with Gasteiger partial charge in [-0.15, -0.1) is 0 Å². The minimum Gasteiger partial charge on any atom is -0.290 e. The zero-order chi connectivity index (χ0) is 13.2. The van der Waals surface area contributed by atoms with Gasteiger partial charge in [0.2, 0.25) is 5.78 Å². The second-order valence-electron chi connectivity index (χ2n) is 4.10. The molecule has 0 aromatic heterocycles. The van der Waals surface area contributed by atoms with Crippen LogP contribution in [-0.2, 0) is 11.2 Å². The zero-order valence-electron chi connectivity index (χ0n) is 9.50. The number of alkyl halides is 3.